The predicted molar refractivity (Wildman–Crippen MR) is 116 cm³/mol. The van der Waals surface area contributed by atoms with Crippen LogP contribution in [0.5, 0.6) is 0 Å². The third-order valence-corrected chi connectivity index (χ3v) is 5.97. The minimum atomic E-state index is -3.92. The summed E-state index contributed by atoms with van der Waals surface area (Å²) in [6.07, 6.45) is 1.64. The fourth-order valence-corrected chi connectivity index (χ4v) is 3.80. The first-order valence-corrected chi connectivity index (χ1v) is 11.1. The SMILES string of the molecule is Cc1ccc(Cc2nc(COC(=O)C3=CN(C)S(=O)(=O)N=C3c3ccccc3)no2)cc1. The van der Waals surface area contributed by atoms with Gasteiger partial charge in [-0.15, -0.1) is 4.40 Å². The van der Waals surface area contributed by atoms with Gasteiger partial charge >= 0.3 is 16.2 Å². The van der Waals surface area contributed by atoms with Crippen molar-refractivity contribution < 1.29 is 22.5 Å². The van der Waals surface area contributed by atoms with Crippen molar-refractivity contribution in [3.8, 4) is 0 Å². The van der Waals surface area contributed by atoms with E-state index in [9.17, 15) is 13.2 Å². The van der Waals surface area contributed by atoms with Gasteiger partial charge in [-0.3, -0.25) is 4.31 Å². The van der Waals surface area contributed by atoms with E-state index in [1.165, 1.54) is 13.2 Å². The van der Waals surface area contributed by atoms with Crippen LogP contribution < -0.4 is 0 Å². The number of hydrogen-bond acceptors (Lipinski definition) is 7. The molecule has 0 atom stereocenters. The van der Waals surface area contributed by atoms with Gasteiger partial charge in [-0.25, -0.2) is 4.79 Å². The Hall–Kier alpha value is -3.79. The lowest BCUT2D eigenvalue weighted by Gasteiger charge is -2.20. The molecule has 0 aliphatic carbocycles. The maximum atomic E-state index is 12.8. The first-order valence-electron chi connectivity index (χ1n) is 9.71. The Morgan fingerprint density at radius 3 is 2.53 bits per heavy atom. The fourth-order valence-electron chi connectivity index (χ4n) is 3.00. The number of rotatable bonds is 6. The van der Waals surface area contributed by atoms with E-state index in [2.05, 4.69) is 14.5 Å². The smallest absolute Gasteiger partial charge is 0.344 e. The Balaban J connectivity index is 1.47. The van der Waals surface area contributed by atoms with Gasteiger partial charge < -0.3 is 9.26 Å². The topological polar surface area (TPSA) is 115 Å². The van der Waals surface area contributed by atoms with Crippen molar-refractivity contribution in [3.63, 3.8) is 0 Å². The van der Waals surface area contributed by atoms with Crippen LogP contribution in [0.2, 0.25) is 0 Å². The zero-order valence-electron chi connectivity index (χ0n) is 17.4. The molecule has 2 aromatic carbocycles. The van der Waals surface area contributed by atoms with Gasteiger partial charge in [0.15, 0.2) is 6.61 Å². The first-order chi connectivity index (χ1) is 15.3. The van der Waals surface area contributed by atoms with Crippen molar-refractivity contribution in [2.45, 2.75) is 20.0 Å². The molecule has 3 aromatic rings. The van der Waals surface area contributed by atoms with Gasteiger partial charge in [0, 0.05) is 18.8 Å². The number of carbonyl (C=O) groups is 1. The second kappa shape index (κ2) is 8.75. The maximum absolute atomic E-state index is 12.8. The summed E-state index contributed by atoms with van der Waals surface area (Å²) in [6.45, 7) is 1.78. The van der Waals surface area contributed by atoms with Crippen LogP contribution in [-0.4, -0.2) is 41.6 Å². The summed E-state index contributed by atoms with van der Waals surface area (Å²) in [5.41, 5.74) is 2.68. The van der Waals surface area contributed by atoms with Crippen molar-refractivity contribution in [3.05, 3.63) is 94.8 Å². The summed E-state index contributed by atoms with van der Waals surface area (Å²) in [5.74, 6) is -0.149. The van der Waals surface area contributed by atoms with E-state index < -0.39 is 16.2 Å². The molecule has 0 saturated heterocycles. The number of aryl methyl sites for hydroxylation is 1. The van der Waals surface area contributed by atoms with Gasteiger partial charge in [-0.1, -0.05) is 65.3 Å². The van der Waals surface area contributed by atoms with E-state index in [1.54, 1.807) is 30.3 Å². The minimum Gasteiger partial charge on any atom is -0.454 e. The molecule has 32 heavy (non-hydrogen) atoms. The van der Waals surface area contributed by atoms with Gasteiger partial charge in [0.2, 0.25) is 11.7 Å². The highest BCUT2D eigenvalue weighted by Gasteiger charge is 2.30. The van der Waals surface area contributed by atoms with E-state index in [4.69, 9.17) is 9.26 Å². The van der Waals surface area contributed by atoms with Crippen LogP contribution in [0.15, 0.2) is 75.3 Å². The number of benzene rings is 2. The molecule has 1 aromatic heterocycles. The van der Waals surface area contributed by atoms with Crippen LogP contribution in [0, 0.1) is 6.92 Å². The Morgan fingerprint density at radius 2 is 1.81 bits per heavy atom. The van der Waals surface area contributed by atoms with Gasteiger partial charge in [-0.05, 0) is 12.5 Å². The second-order valence-corrected chi connectivity index (χ2v) is 8.84. The number of nitrogens with zero attached hydrogens (tertiary/aromatic N) is 4. The van der Waals surface area contributed by atoms with E-state index in [-0.39, 0.29) is 23.7 Å². The lowest BCUT2D eigenvalue weighted by Crippen LogP contribution is -2.30. The predicted octanol–water partition coefficient (Wildman–Crippen LogP) is 2.58. The van der Waals surface area contributed by atoms with Crippen LogP contribution in [0.3, 0.4) is 0 Å². The number of aromatic nitrogens is 2. The molecule has 0 saturated carbocycles. The molecule has 0 spiro atoms. The summed E-state index contributed by atoms with van der Waals surface area (Å²) in [6, 6.07) is 16.5. The first kappa shape index (κ1) is 21.4. The molecule has 0 fully saturated rings. The second-order valence-electron chi connectivity index (χ2n) is 7.19. The number of ether oxygens (including phenoxy) is 1. The van der Waals surface area contributed by atoms with Gasteiger partial charge in [0.25, 0.3) is 0 Å². The molecule has 0 bridgehead atoms. The maximum Gasteiger partial charge on any atom is 0.344 e. The average Bonchev–Trinajstić information content (AvgIpc) is 3.23. The van der Waals surface area contributed by atoms with Gasteiger partial charge in [0.05, 0.1) is 6.42 Å². The summed E-state index contributed by atoms with van der Waals surface area (Å²) in [4.78, 5) is 17.0. The number of carbonyl (C=O) groups excluding carboxylic acids is 1. The largest absolute Gasteiger partial charge is 0.454 e. The summed E-state index contributed by atoms with van der Waals surface area (Å²) in [5, 5.41) is 3.84. The molecule has 0 amide bonds. The molecule has 0 radical (unpaired) electrons. The Kier molecular flexibility index (Phi) is 5.87. The number of esters is 1. The van der Waals surface area contributed by atoms with E-state index in [1.807, 2.05) is 31.2 Å². The van der Waals surface area contributed by atoms with E-state index >= 15 is 0 Å². The zero-order valence-corrected chi connectivity index (χ0v) is 18.2. The van der Waals surface area contributed by atoms with Crippen molar-refractivity contribution in [1.82, 2.24) is 14.4 Å². The van der Waals surface area contributed by atoms with Gasteiger partial charge in [0.1, 0.15) is 11.3 Å². The highest BCUT2D eigenvalue weighted by atomic mass is 32.2. The Bertz CT molecular complexity index is 1300. The van der Waals surface area contributed by atoms with Crippen LogP contribution in [-0.2, 0) is 32.8 Å². The van der Waals surface area contributed by atoms with Crippen LogP contribution in [0.25, 0.3) is 0 Å². The van der Waals surface area contributed by atoms with Crippen LogP contribution >= 0.6 is 0 Å². The van der Waals surface area contributed by atoms with Crippen molar-refractivity contribution in [2.75, 3.05) is 7.05 Å². The minimum absolute atomic E-state index is 0.0110. The average molecular weight is 452 g/mol. The summed E-state index contributed by atoms with van der Waals surface area (Å²) in [7, 11) is -2.63. The summed E-state index contributed by atoms with van der Waals surface area (Å²) < 4.78 is 39.6. The van der Waals surface area contributed by atoms with Gasteiger partial charge in [-0.2, -0.15) is 13.4 Å². The highest BCUT2D eigenvalue weighted by Crippen LogP contribution is 2.21. The summed E-state index contributed by atoms with van der Waals surface area (Å²) >= 11 is 0. The zero-order chi connectivity index (χ0) is 22.7. The van der Waals surface area contributed by atoms with Crippen molar-refractivity contribution in [2.24, 2.45) is 4.40 Å². The highest BCUT2D eigenvalue weighted by molar-refractivity contribution is 7.88. The quantitative estimate of drug-likeness (QED) is 0.528. The fraction of sp³-hybridized carbons (Fsp3) is 0.182. The molecule has 0 unspecified atom stereocenters. The molecule has 2 heterocycles. The van der Waals surface area contributed by atoms with Crippen LogP contribution in [0.4, 0.5) is 0 Å². The van der Waals surface area contributed by atoms with Crippen molar-refractivity contribution in [1.29, 1.82) is 0 Å². The van der Waals surface area contributed by atoms with Crippen molar-refractivity contribution >= 4 is 21.9 Å². The molecular weight excluding hydrogens is 432 g/mol. The lowest BCUT2D eigenvalue weighted by molar-refractivity contribution is -0.140. The lowest BCUT2D eigenvalue weighted by atomic mass is 10.0. The van der Waals surface area contributed by atoms with E-state index in [0.717, 1.165) is 15.4 Å². The molecule has 0 N–H and O–H groups in total. The van der Waals surface area contributed by atoms with Crippen LogP contribution in [0.1, 0.15) is 28.4 Å². The standard InChI is InChI=1S/C22H20N4O5S/c1-15-8-10-16(11-9-15)12-20-23-19(24-31-20)14-30-22(27)18-13-26(2)32(28,29)25-21(18)17-6-4-3-5-7-17/h3-11,13H,12,14H2,1-2H3. The van der Waals surface area contributed by atoms with E-state index in [0.29, 0.717) is 17.9 Å². The normalized spacial score (nSPS) is 15.1. The molecule has 10 heteroatoms. The molecule has 1 aliphatic heterocycles. The molecule has 1 aliphatic rings. The Labute approximate surface area is 185 Å². The number of hydrogen-bond donors (Lipinski definition) is 0. The molecule has 164 valence electrons. The Morgan fingerprint density at radius 1 is 1.09 bits per heavy atom. The monoisotopic (exact) mass is 452 g/mol. The molecular formula is C22H20N4O5S. The third-order valence-electron chi connectivity index (χ3n) is 4.72. The third kappa shape index (κ3) is 4.75. The molecule has 9 nitrogen and oxygen atoms in total. The molecule has 4 rings (SSSR count).